The van der Waals surface area contributed by atoms with Crippen molar-refractivity contribution in [2.24, 2.45) is 0 Å². The van der Waals surface area contributed by atoms with Gasteiger partial charge in [-0.25, -0.2) is 0 Å². The first-order valence-corrected chi connectivity index (χ1v) is 48.9. The largest absolute Gasteiger partial charge is 0.456 e. The zero-order chi connectivity index (χ0) is 98.5. The lowest BCUT2D eigenvalue weighted by atomic mass is 9.96. The molecule has 4 nitrogen and oxygen atoms in total. The van der Waals surface area contributed by atoms with Gasteiger partial charge in [-0.15, -0.1) is 0 Å². The molecule has 26 aromatic rings. The zero-order valence-electron chi connectivity index (χ0n) is 83.7. The molecular weight excluding hydrogens is 1720 g/mol. The van der Waals surface area contributed by atoms with Gasteiger partial charge >= 0.3 is 0 Å². The van der Waals surface area contributed by atoms with E-state index >= 15 is 0 Å². The maximum Gasteiger partial charge on any atom is 0.138 e. The second-order valence-electron chi connectivity index (χ2n) is 37.2. The molecule has 142 heavy (non-hydrogen) atoms. The van der Waals surface area contributed by atoms with Gasteiger partial charge in [-0.05, 0) is 273 Å². The highest BCUT2D eigenvalue weighted by atomic mass is 16.3. The van der Waals surface area contributed by atoms with E-state index in [0.29, 0.717) is 0 Å². The number of benzene rings is 22. The number of hydrogen-bond acceptors (Lipinski definition) is 4. The van der Waals surface area contributed by atoms with Gasteiger partial charge in [0, 0.05) is 43.1 Å². The summed E-state index contributed by atoms with van der Waals surface area (Å²) < 4.78 is 23.0. The summed E-state index contributed by atoms with van der Waals surface area (Å²) in [6.45, 7) is 29.7. The predicted octanol–water partition coefficient (Wildman–Crippen LogP) is 40.1. The minimum Gasteiger partial charge on any atom is -0.456 e. The topological polar surface area (TPSA) is 52.6 Å². The van der Waals surface area contributed by atoms with Crippen LogP contribution in [0.5, 0.6) is 0 Å². The van der Waals surface area contributed by atoms with Crippen LogP contribution in [0.15, 0.2) is 491 Å². The lowest BCUT2D eigenvalue weighted by Crippen LogP contribution is -1.83. The summed E-state index contributed by atoms with van der Waals surface area (Å²) in [5, 5.41) is 20.2. The lowest BCUT2D eigenvalue weighted by Gasteiger charge is -2.09. The first-order chi connectivity index (χ1) is 69.1. The van der Waals surface area contributed by atoms with E-state index in [1.165, 1.54) is 209 Å². The average molecular weight is 1840 g/mol. The van der Waals surface area contributed by atoms with Crippen molar-refractivity contribution < 1.29 is 17.7 Å². The molecule has 4 heteroatoms. The number of aryl methyl sites for hydroxylation is 14. The van der Waals surface area contributed by atoms with Gasteiger partial charge in [0.2, 0.25) is 0 Å². The average Bonchev–Trinajstić information content (AvgIpc) is 1.66. The van der Waals surface area contributed by atoms with Gasteiger partial charge < -0.3 is 17.7 Å². The molecule has 0 amide bonds. The van der Waals surface area contributed by atoms with Gasteiger partial charge in [0.15, 0.2) is 0 Å². The third kappa shape index (κ3) is 23.9. The smallest absolute Gasteiger partial charge is 0.138 e. The van der Waals surface area contributed by atoms with Crippen molar-refractivity contribution in [1.29, 1.82) is 0 Å². The second kappa shape index (κ2) is 45.6. The van der Waals surface area contributed by atoms with Crippen LogP contribution in [-0.2, 0) is 0 Å². The molecule has 22 aromatic carbocycles. The molecule has 0 saturated heterocycles. The predicted molar refractivity (Wildman–Crippen MR) is 612 cm³/mol. The van der Waals surface area contributed by atoms with E-state index in [1.54, 1.807) is 0 Å². The monoisotopic (exact) mass is 1840 g/mol. The van der Waals surface area contributed by atoms with E-state index in [2.05, 4.69) is 473 Å². The fourth-order valence-corrected chi connectivity index (χ4v) is 18.9. The Balaban J connectivity index is 0.000000109. The van der Waals surface area contributed by atoms with Gasteiger partial charge in [0.1, 0.15) is 44.7 Å². The van der Waals surface area contributed by atoms with Crippen molar-refractivity contribution in [2.75, 3.05) is 0 Å². The fourth-order valence-electron chi connectivity index (χ4n) is 18.9. The van der Waals surface area contributed by atoms with Crippen molar-refractivity contribution >= 4 is 131 Å². The molecule has 0 spiro atoms. The molecule has 0 aliphatic heterocycles. The molecule has 0 fully saturated rings. The van der Waals surface area contributed by atoms with Gasteiger partial charge in [-0.2, -0.15) is 0 Å². The van der Waals surface area contributed by atoms with E-state index in [-0.39, 0.29) is 0 Å². The van der Waals surface area contributed by atoms with Crippen LogP contribution in [0.4, 0.5) is 0 Å². The number of rotatable bonds is 4. The second-order valence-corrected chi connectivity index (χ2v) is 37.2. The summed E-state index contributed by atoms with van der Waals surface area (Å²) in [7, 11) is 0. The third-order valence-electron chi connectivity index (χ3n) is 25.7. The Kier molecular flexibility index (Phi) is 31.1. The summed E-state index contributed by atoms with van der Waals surface area (Å²) in [4.78, 5) is 0. The molecule has 4 aromatic heterocycles. The van der Waals surface area contributed by atoms with Crippen LogP contribution in [0.2, 0.25) is 0 Å². The third-order valence-corrected chi connectivity index (χ3v) is 25.7. The van der Waals surface area contributed by atoms with Gasteiger partial charge in [-0.1, -0.05) is 463 Å². The van der Waals surface area contributed by atoms with Crippen LogP contribution in [0.1, 0.15) is 77.9 Å². The number of para-hydroxylation sites is 5. The number of hydrogen-bond donors (Lipinski definition) is 0. The SMILES string of the molecule is Cc1cc(C)cc(C)c1.Cc1cc(C)cc(C)c1.Cc1ccc(-c2ccccc2)c2ccccc12.Cc1ccc2c(c1)oc1ccccc12.Cc1ccc2cc(-c3ccccc3)ccc2c1.Cc1ccc2ccc(-c3ccccc3)cc2c1.Cc1ccc2oc3ccccc3c2c1.Cc1cccc2c(-c3ccccc3)cccc12.Cc1cccc2c1oc1ccccc12.Cc1cccc2oc3ccccc3c12. The minimum atomic E-state index is 0.966. The molecule has 696 valence electrons. The van der Waals surface area contributed by atoms with E-state index in [9.17, 15) is 0 Å². The van der Waals surface area contributed by atoms with E-state index in [0.717, 1.165) is 44.7 Å². The highest BCUT2D eigenvalue weighted by molar-refractivity contribution is 6.09. The van der Waals surface area contributed by atoms with E-state index in [1.807, 2.05) is 97.1 Å². The highest BCUT2D eigenvalue weighted by Crippen LogP contribution is 2.38. The molecule has 26 rings (SSSR count). The molecule has 0 unspecified atom stereocenters. The first-order valence-electron chi connectivity index (χ1n) is 48.9. The summed E-state index contributed by atoms with van der Waals surface area (Å²) >= 11 is 0. The van der Waals surface area contributed by atoms with Crippen LogP contribution in [-0.4, -0.2) is 0 Å². The van der Waals surface area contributed by atoms with E-state index < -0.39 is 0 Å². The normalized spacial score (nSPS) is 10.7. The summed E-state index contributed by atoms with van der Waals surface area (Å²) in [5.74, 6) is 0. The molecule has 0 saturated carbocycles. The maximum atomic E-state index is 5.78. The van der Waals surface area contributed by atoms with Crippen LogP contribution < -0.4 is 0 Å². The first kappa shape index (κ1) is 96.8. The number of furan rings is 4. The van der Waals surface area contributed by atoms with Crippen LogP contribution in [0.25, 0.3) is 175 Å². The number of fused-ring (bicyclic) bond motifs is 16. The summed E-state index contributed by atoms with van der Waals surface area (Å²) in [6, 6.07) is 165. The molecule has 4 heterocycles. The molecule has 0 radical (unpaired) electrons. The van der Waals surface area contributed by atoms with Crippen molar-refractivity contribution in [3.63, 3.8) is 0 Å². The summed E-state index contributed by atoms with van der Waals surface area (Å²) in [5.41, 5.74) is 36.5. The van der Waals surface area contributed by atoms with Gasteiger partial charge in [0.25, 0.3) is 0 Å². The van der Waals surface area contributed by atoms with Crippen molar-refractivity contribution in [1.82, 2.24) is 0 Å². The molecular formula is C138H120O4. The highest BCUT2D eigenvalue weighted by Gasteiger charge is 2.13. The Morgan fingerprint density at radius 1 is 0.127 bits per heavy atom. The van der Waals surface area contributed by atoms with Crippen molar-refractivity contribution in [3.05, 3.63) is 551 Å². The fraction of sp³-hybridized carbons (Fsp3) is 0.101. The zero-order valence-corrected chi connectivity index (χ0v) is 83.7. The molecule has 0 aliphatic rings. The molecule has 0 bridgehead atoms. The van der Waals surface area contributed by atoms with Crippen LogP contribution in [0, 0.1) is 96.9 Å². The standard InChI is InChI=1S/4C17H14.4C13H10O.2C9H12/c1-13-7-5-12-17-15(13)10-6-11-16(17)14-8-3-2-4-9-14;1-13-11-12-16(14-7-3-2-4-8-14)17-10-6-5-9-15(13)17;1-13-7-8-17-12-16(10-9-15(17)11-13)14-5-3-2-4-6-14;1-13-7-8-15-9-10-16(12-17(15)11-13)14-5-3-2-4-6-14;1-9-5-4-7-11-10-6-2-3-8-12(10)14-13(9)11;1-9-5-4-8-12-13(9)10-6-2-3-7-11(10)14-12;1-9-6-7-13-11(8-9)10-4-2-3-5-12(10)14-13;1-9-6-7-11-10-4-2-3-5-12(10)14-13(11)8-9;2*1-7-4-8(2)6-9(3)5-7/h4*2-12H,1H3;4*2-8H,1H3;2*4-6H,1-3H3. The Morgan fingerprint density at radius 2 is 0.444 bits per heavy atom. The quantitative estimate of drug-likeness (QED) is 0.176. The molecule has 0 atom stereocenters. The Morgan fingerprint density at radius 3 is 1.00 bits per heavy atom. The van der Waals surface area contributed by atoms with Crippen molar-refractivity contribution in [2.45, 2.75) is 96.9 Å². The molecule has 0 aliphatic carbocycles. The van der Waals surface area contributed by atoms with Crippen molar-refractivity contribution in [3.8, 4) is 44.5 Å². The summed E-state index contributed by atoms with van der Waals surface area (Å²) in [6.07, 6.45) is 0. The Labute approximate surface area is 835 Å². The van der Waals surface area contributed by atoms with Crippen LogP contribution >= 0.6 is 0 Å². The Hall–Kier alpha value is -16.9. The Bertz CT molecular complexity index is 8560. The van der Waals surface area contributed by atoms with Gasteiger partial charge in [0.05, 0.1) is 0 Å². The van der Waals surface area contributed by atoms with Gasteiger partial charge in [-0.3, -0.25) is 0 Å². The lowest BCUT2D eigenvalue weighted by molar-refractivity contribution is 0.665. The molecule has 0 N–H and O–H groups in total. The maximum absolute atomic E-state index is 5.78. The van der Waals surface area contributed by atoms with Crippen LogP contribution in [0.3, 0.4) is 0 Å². The minimum absolute atomic E-state index is 0.966. The van der Waals surface area contributed by atoms with E-state index in [4.69, 9.17) is 17.7 Å².